The van der Waals surface area contributed by atoms with Gasteiger partial charge in [0.25, 0.3) is 0 Å². The van der Waals surface area contributed by atoms with E-state index < -0.39 is 0 Å². The van der Waals surface area contributed by atoms with Crippen molar-refractivity contribution in [2.45, 2.75) is 9.79 Å². The Hall–Kier alpha value is -6.75. The lowest BCUT2D eigenvalue weighted by atomic mass is 9.92. The third kappa shape index (κ3) is 4.99. The Morgan fingerprint density at radius 2 is 0.889 bits per heavy atom. The molecule has 0 saturated heterocycles. The van der Waals surface area contributed by atoms with E-state index in [4.69, 9.17) is 4.42 Å². The van der Waals surface area contributed by atoms with E-state index in [-0.39, 0.29) is 0 Å². The zero-order valence-electron chi connectivity index (χ0n) is 29.2. The van der Waals surface area contributed by atoms with Gasteiger partial charge in [-0.05, 0) is 124 Å². The smallest absolute Gasteiger partial charge is 0.135 e. The van der Waals surface area contributed by atoms with E-state index in [1.54, 1.807) is 0 Å². The van der Waals surface area contributed by atoms with Gasteiger partial charge >= 0.3 is 0 Å². The molecule has 1 aliphatic rings. The molecule has 9 aromatic carbocycles. The molecule has 11 rings (SSSR count). The summed E-state index contributed by atoms with van der Waals surface area (Å²) in [7, 11) is 0. The predicted octanol–water partition coefficient (Wildman–Crippen LogP) is 15.0. The Morgan fingerprint density at radius 1 is 0.333 bits per heavy atom. The Balaban J connectivity index is 1.05. The van der Waals surface area contributed by atoms with Crippen LogP contribution in [0.3, 0.4) is 0 Å². The van der Waals surface area contributed by atoms with E-state index >= 15 is 0 Å². The maximum absolute atomic E-state index is 6.20. The maximum atomic E-state index is 6.20. The van der Waals surface area contributed by atoms with Crippen LogP contribution in [0.15, 0.2) is 208 Å². The molecule has 0 atom stereocenters. The molecule has 4 heteroatoms. The molecular weight excluding hydrogens is 677 g/mol. The van der Waals surface area contributed by atoms with Crippen LogP contribution in [0.25, 0.3) is 54.6 Å². The highest BCUT2D eigenvalue weighted by Gasteiger charge is 2.24. The minimum atomic E-state index is 0.894. The molecule has 54 heavy (non-hydrogen) atoms. The molecule has 0 spiro atoms. The summed E-state index contributed by atoms with van der Waals surface area (Å²) in [5.74, 6) is 0. The van der Waals surface area contributed by atoms with Crippen molar-refractivity contribution < 1.29 is 4.42 Å². The van der Waals surface area contributed by atoms with Crippen LogP contribution in [-0.4, -0.2) is 0 Å². The van der Waals surface area contributed by atoms with E-state index in [2.05, 4.69) is 192 Å². The molecule has 2 heterocycles. The summed E-state index contributed by atoms with van der Waals surface area (Å²) < 4.78 is 6.20. The summed E-state index contributed by atoms with van der Waals surface area (Å²) in [6.07, 6.45) is 0. The van der Waals surface area contributed by atoms with Crippen LogP contribution in [0.5, 0.6) is 0 Å². The zero-order chi connectivity index (χ0) is 35.6. The molecular formula is C50H32N2OS. The number of hydrogen-bond acceptors (Lipinski definition) is 4. The zero-order valence-corrected chi connectivity index (χ0v) is 30.0. The molecule has 10 aromatic rings. The highest BCUT2D eigenvalue weighted by Crippen LogP contribution is 2.52. The first-order valence-corrected chi connectivity index (χ1v) is 19.1. The van der Waals surface area contributed by atoms with E-state index in [1.807, 2.05) is 23.9 Å². The molecule has 254 valence electrons. The Bertz CT molecular complexity index is 2990. The molecule has 0 saturated carbocycles. The van der Waals surface area contributed by atoms with Crippen LogP contribution in [0.2, 0.25) is 0 Å². The Kier molecular flexibility index (Phi) is 7.10. The summed E-state index contributed by atoms with van der Waals surface area (Å²) >= 11 is 1.86. The van der Waals surface area contributed by atoms with Crippen LogP contribution in [0.1, 0.15) is 0 Å². The van der Waals surface area contributed by atoms with Crippen LogP contribution in [0.4, 0.5) is 34.1 Å². The topological polar surface area (TPSA) is 19.6 Å². The van der Waals surface area contributed by atoms with Crippen LogP contribution in [0, 0.1) is 0 Å². The van der Waals surface area contributed by atoms with Crippen molar-refractivity contribution in [1.29, 1.82) is 0 Å². The van der Waals surface area contributed by atoms with Gasteiger partial charge in [-0.2, -0.15) is 0 Å². The summed E-state index contributed by atoms with van der Waals surface area (Å²) in [5.41, 5.74) is 11.1. The van der Waals surface area contributed by atoms with Crippen LogP contribution in [-0.2, 0) is 0 Å². The fourth-order valence-corrected chi connectivity index (χ4v) is 9.33. The number of hydrogen-bond donors (Lipinski definition) is 0. The van der Waals surface area contributed by atoms with Gasteiger partial charge in [-0.3, -0.25) is 0 Å². The molecule has 1 aliphatic heterocycles. The largest absolute Gasteiger partial charge is 0.456 e. The monoisotopic (exact) mass is 708 g/mol. The first-order chi connectivity index (χ1) is 26.8. The van der Waals surface area contributed by atoms with Gasteiger partial charge in [-0.15, -0.1) is 0 Å². The van der Waals surface area contributed by atoms with E-state index in [0.717, 1.165) is 56.1 Å². The number of anilines is 6. The highest BCUT2D eigenvalue weighted by atomic mass is 32.2. The average Bonchev–Trinajstić information content (AvgIpc) is 3.60. The third-order valence-corrected chi connectivity index (χ3v) is 11.7. The highest BCUT2D eigenvalue weighted by molar-refractivity contribution is 7.99. The van der Waals surface area contributed by atoms with Gasteiger partial charge in [0.15, 0.2) is 0 Å². The minimum Gasteiger partial charge on any atom is -0.456 e. The molecule has 0 bridgehead atoms. The molecule has 1 aromatic heterocycles. The molecule has 0 fully saturated rings. The van der Waals surface area contributed by atoms with Gasteiger partial charge in [0.05, 0.1) is 0 Å². The molecule has 0 aliphatic carbocycles. The van der Waals surface area contributed by atoms with E-state index in [1.165, 1.54) is 42.5 Å². The number of benzene rings is 9. The van der Waals surface area contributed by atoms with Gasteiger partial charge in [0, 0.05) is 60.1 Å². The first kappa shape index (κ1) is 30.8. The van der Waals surface area contributed by atoms with Crippen molar-refractivity contribution in [3.05, 3.63) is 194 Å². The summed E-state index contributed by atoms with van der Waals surface area (Å²) in [5, 5.41) is 7.31. The van der Waals surface area contributed by atoms with E-state index in [0.29, 0.717) is 0 Å². The minimum absolute atomic E-state index is 0.894. The van der Waals surface area contributed by atoms with Crippen molar-refractivity contribution in [2.24, 2.45) is 0 Å². The average molecular weight is 709 g/mol. The Morgan fingerprint density at radius 3 is 1.61 bits per heavy atom. The van der Waals surface area contributed by atoms with Gasteiger partial charge < -0.3 is 14.2 Å². The fourth-order valence-electron chi connectivity index (χ4n) is 8.16. The SMILES string of the molecule is c1ccc(N(c2ccccc2)c2ccc3cc4c5c(cccc5c3c2)Sc2cc(N(c3ccccc3)c3ccc5oc6ccccc6c5c3)ccc2-4)cc1. The number of fused-ring (bicyclic) bond motifs is 7. The number of para-hydroxylation sites is 4. The normalized spacial score (nSPS) is 12.0. The molecule has 0 N–H and O–H groups in total. The second-order valence-electron chi connectivity index (χ2n) is 13.7. The van der Waals surface area contributed by atoms with Gasteiger partial charge in [-0.1, -0.05) is 109 Å². The standard InChI is InChI=1S/C50H32N2OS/c1-4-13-34(14-5-1)51(35-15-6-2-7-16-35)37-24-23-33-29-45-41-27-25-39(32-49(41)54-48-22-12-20-42(50(45)48)43(33)30-37)52(36-17-8-3-9-18-36)38-26-28-47-44(31-38)40-19-10-11-21-46(40)53-47/h1-32H. The lowest BCUT2D eigenvalue weighted by Crippen LogP contribution is -2.10. The third-order valence-electron chi connectivity index (χ3n) is 10.6. The molecule has 0 amide bonds. The quantitative estimate of drug-likeness (QED) is 0.160. The second kappa shape index (κ2) is 12.4. The van der Waals surface area contributed by atoms with Crippen LogP contribution >= 0.6 is 11.8 Å². The molecule has 0 unspecified atom stereocenters. The van der Waals surface area contributed by atoms with Gasteiger partial charge in [-0.25, -0.2) is 0 Å². The lowest BCUT2D eigenvalue weighted by Gasteiger charge is -2.28. The van der Waals surface area contributed by atoms with Crippen molar-refractivity contribution >= 4 is 89.4 Å². The van der Waals surface area contributed by atoms with Crippen molar-refractivity contribution in [3.63, 3.8) is 0 Å². The van der Waals surface area contributed by atoms with Crippen molar-refractivity contribution in [3.8, 4) is 11.1 Å². The molecule has 3 nitrogen and oxygen atoms in total. The summed E-state index contributed by atoms with van der Waals surface area (Å²) in [6, 6.07) is 69.7. The molecule has 0 radical (unpaired) electrons. The Labute approximate surface area is 317 Å². The summed E-state index contributed by atoms with van der Waals surface area (Å²) in [6.45, 7) is 0. The van der Waals surface area contributed by atoms with Crippen LogP contribution < -0.4 is 9.80 Å². The van der Waals surface area contributed by atoms with E-state index in [9.17, 15) is 0 Å². The van der Waals surface area contributed by atoms with Gasteiger partial charge in [0.2, 0.25) is 0 Å². The lowest BCUT2D eigenvalue weighted by molar-refractivity contribution is 0.669. The second-order valence-corrected chi connectivity index (χ2v) is 14.8. The van der Waals surface area contributed by atoms with Gasteiger partial charge in [0.1, 0.15) is 11.2 Å². The van der Waals surface area contributed by atoms with Crippen molar-refractivity contribution in [1.82, 2.24) is 0 Å². The van der Waals surface area contributed by atoms with Crippen molar-refractivity contribution in [2.75, 3.05) is 9.80 Å². The fraction of sp³-hybridized carbons (Fsp3) is 0. The predicted molar refractivity (Wildman–Crippen MR) is 228 cm³/mol. The number of furan rings is 1. The number of nitrogens with zero attached hydrogens (tertiary/aromatic N) is 2. The summed E-state index contributed by atoms with van der Waals surface area (Å²) in [4.78, 5) is 7.22. The maximum Gasteiger partial charge on any atom is 0.135 e. The first-order valence-electron chi connectivity index (χ1n) is 18.3. The number of rotatable bonds is 6.